The van der Waals surface area contributed by atoms with Gasteiger partial charge in [-0.15, -0.1) is 0 Å². The van der Waals surface area contributed by atoms with Crippen molar-refractivity contribution in [3.63, 3.8) is 0 Å². The van der Waals surface area contributed by atoms with E-state index in [1.807, 2.05) is 6.92 Å². The van der Waals surface area contributed by atoms with Crippen LogP contribution in [-0.2, 0) is 4.79 Å². The lowest BCUT2D eigenvalue weighted by Gasteiger charge is -2.14. The summed E-state index contributed by atoms with van der Waals surface area (Å²) in [6.45, 7) is 2.62. The molecule has 6 nitrogen and oxygen atoms in total. The van der Waals surface area contributed by atoms with Crippen LogP contribution in [0.1, 0.15) is 22.8 Å². The number of nitrogens with one attached hydrogen (secondary N) is 1. The Morgan fingerprint density at radius 3 is 2.90 bits per heavy atom. The lowest BCUT2D eigenvalue weighted by Crippen LogP contribution is -2.38. The summed E-state index contributed by atoms with van der Waals surface area (Å²) in [6, 6.07) is 1.56. The van der Waals surface area contributed by atoms with Crippen molar-refractivity contribution in [1.82, 2.24) is 15.2 Å². The Balaban J connectivity index is 2.75. The van der Waals surface area contributed by atoms with E-state index in [0.717, 1.165) is 0 Å². The van der Waals surface area contributed by atoms with Gasteiger partial charge in [0, 0.05) is 26.0 Å². The smallest absolute Gasteiger partial charge is 0.253 e. The minimum atomic E-state index is -0.355. The first-order valence-electron chi connectivity index (χ1n) is 6.25. The summed E-state index contributed by atoms with van der Waals surface area (Å²) < 4.78 is 0. The topological polar surface area (TPSA) is 88.3 Å². The summed E-state index contributed by atoms with van der Waals surface area (Å²) in [5.41, 5.74) is 6.18. The molecule has 1 aromatic heterocycles. The Bertz CT molecular complexity index is 546. The second-order valence-corrected chi connectivity index (χ2v) is 4.02. The van der Waals surface area contributed by atoms with Crippen LogP contribution in [0, 0.1) is 11.8 Å². The van der Waals surface area contributed by atoms with E-state index in [0.29, 0.717) is 17.7 Å². The second-order valence-electron chi connectivity index (χ2n) is 4.02. The molecule has 0 aromatic carbocycles. The second kappa shape index (κ2) is 7.92. The first kappa shape index (κ1) is 15.7. The molecule has 0 saturated heterocycles. The van der Waals surface area contributed by atoms with Gasteiger partial charge in [0.2, 0.25) is 5.91 Å². The highest BCUT2D eigenvalue weighted by molar-refractivity contribution is 5.98. The van der Waals surface area contributed by atoms with Gasteiger partial charge in [-0.1, -0.05) is 11.8 Å². The molecule has 1 rings (SSSR count). The summed E-state index contributed by atoms with van der Waals surface area (Å²) in [4.78, 5) is 29.1. The van der Waals surface area contributed by atoms with E-state index < -0.39 is 0 Å². The summed E-state index contributed by atoms with van der Waals surface area (Å²) in [6.07, 6.45) is 3.00. The highest BCUT2D eigenvalue weighted by Gasteiger charge is 2.12. The maximum Gasteiger partial charge on any atom is 0.253 e. The highest BCUT2D eigenvalue weighted by atomic mass is 16.2. The molecule has 0 atom stereocenters. The fraction of sp³-hybridized carbons (Fsp3) is 0.357. The van der Waals surface area contributed by atoms with Crippen LogP contribution in [0.25, 0.3) is 0 Å². The molecule has 3 N–H and O–H groups in total. The van der Waals surface area contributed by atoms with Crippen LogP contribution < -0.4 is 11.1 Å². The van der Waals surface area contributed by atoms with Crippen molar-refractivity contribution in [3.05, 3.63) is 29.6 Å². The SMILES string of the molecule is CCN(C)C(=O)CNC(=O)c1ccncc1C#CCN. The Labute approximate surface area is 118 Å². The molecule has 20 heavy (non-hydrogen) atoms. The number of likely N-dealkylation sites (N-methyl/N-ethyl adjacent to an activating group) is 1. The molecule has 0 aliphatic heterocycles. The van der Waals surface area contributed by atoms with Crippen LogP contribution in [0.4, 0.5) is 0 Å². The summed E-state index contributed by atoms with van der Waals surface area (Å²) >= 11 is 0. The van der Waals surface area contributed by atoms with Crippen molar-refractivity contribution < 1.29 is 9.59 Å². The number of pyridine rings is 1. The summed E-state index contributed by atoms with van der Waals surface area (Å²) in [5.74, 6) is 4.95. The Kier molecular flexibility index (Phi) is 6.20. The van der Waals surface area contributed by atoms with Crippen molar-refractivity contribution in [1.29, 1.82) is 0 Å². The normalized spacial score (nSPS) is 9.35. The van der Waals surface area contributed by atoms with E-state index in [4.69, 9.17) is 5.73 Å². The maximum atomic E-state index is 12.0. The van der Waals surface area contributed by atoms with Crippen molar-refractivity contribution in [2.24, 2.45) is 5.73 Å². The van der Waals surface area contributed by atoms with E-state index in [9.17, 15) is 9.59 Å². The monoisotopic (exact) mass is 274 g/mol. The average molecular weight is 274 g/mol. The molecule has 0 fully saturated rings. The highest BCUT2D eigenvalue weighted by Crippen LogP contribution is 2.05. The lowest BCUT2D eigenvalue weighted by molar-refractivity contribution is -0.128. The molecule has 0 aliphatic rings. The number of nitrogens with two attached hydrogens (primary N) is 1. The Hall–Kier alpha value is -2.39. The molecular formula is C14H18N4O2. The van der Waals surface area contributed by atoms with E-state index in [2.05, 4.69) is 22.1 Å². The van der Waals surface area contributed by atoms with Crippen LogP contribution in [0.15, 0.2) is 18.5 Å². The zero-order valence-electron chi connectivity index (χ0n) is 11.6. The number of carbonyl (C=O) groups is 2. The van der Waals surface area contributed by atoms with Crippen molar-refractivity contribution in [3.8, 4) is 11.8 Å². The fourth-order valence-corrected chi connectivity index (χ4v) is 1.40. The molecule has 0 spiro atoms. The molecule has 0 bridgehead atoms. The van der Waals surface area contributed by atoms with Gasteiger partial charge in [-0.05, 0) is 13.0 Å². The van der Waals surface area contributed by atoms with Crippen LogP contribution >= 0.6 is 0 Å². The average Bonchev–Trinajstić information content (AvgIpc) is 2.49. The van der Waals surface area contributed by atoms with Crippen LogP contribution in [-0.4, -0.2) is 48.4 Å². The molecule has 0 radical (unpaired) electrons. The molecule has 2 amide bonds. The van der Waals surface area contributed by atoms with Gasteiger partial charge in [0.15, 0.2) is 0 Å². The van der Waals surface area contributed by atoms with E-state index in [1.54, 1.807) is 13.1 Å². The first-order valence-corrected chi connectivity index (χ1v) is 6.25. The molecule has 106 valence electrons. The third kappa shape index (κ3) is 4.37. The number of rotatable bonds is 4. The summed E-state index contributed by atoms with van der Waals surface area (Å²) in [5, 5.41) is 2.57. The predicted octanol–water partition coefficient (Wildman–Crippen LogP) is -0.400. The Morgan fingerprint density at radius 2 is 2.25 bits per heavy atom. The quantitative estimate of drug-likeness (QED) is 0.731. The predicted molar refractivity (Wildman–Crippen MR) is 75.8 cm³/mol. The minimum absolute atomic E-state index is 0.0464. The largest absolute Gasteiger partial charge is 0.345 e. The summed E-state index contributed by atoms with van der Waals surface area (Å²) in [7, 11) is 1.68. The first-order chi connectivity index (χ1) is 9.60. The van der Waals surface area contributed by atoms with Gasteiger partial charge in [-0.3, -0.25) is 14.6 Å². The van der Waals surface area contributed by atoms with Crippen molar-refractivity contribution in [2.75, 3.05) is 26.7 Å². The zero-order valence-corrected chi connectivity index (χ0v) is 11.6. The number of hydrogen-bond donors (Lipinski definition) is 2. The fourth-order valence-electron chi connectivity index (χ4n) is 1.40. The van der Waals surface area contributed by atoms with E-state index in [1.165, 1.54) is 17.3 Å². The van der Waals surface area contributed by atoms with Crippen LogP contribution in [0.2, 0.25) is 0 Å². The lowest BCUT2D eigenvalue weighted by atomic mass is 10.1. The van der Waals surface area contributed by atoms with Gasteiger partial charge in [0.05, 0.1) is 24.2 Å². The number of aromatic nitrogens is 1. The zero-order chi connectivity index (χ0) is 15.0. The van der Waals surface area contributed by atoms with E-state index in [-0.39, 0.29) is 24.9 Å². The van der Waals surface area contributed by atoms with Gasteiger partial charge >= 0.3 is 0 Å². The number of amides is 2. The number of hydrogen-bond acceptors (Lipinski definition) is 4. The molecule has 1 heterocycles. The van der Waals surface area contributed by atoms with Crippen molar-refractivity contribution >= 4 is 11.8 Å². The van der Waals surface area contributed by atoms with E-state index >= 15 is 0 Å². The van der Waals surface area contributed by atoms with Gasteiger partial charge < -0.3 is 16.0 Å². The van der Waals surface area contributed by atoms with Gasteiger partial charge in [0.25, 0.3) is 5.91 Å². The molecule has 6 heteroatoms. The number of nitrogens with zero attached hydrogens (tertiary/aromatic N) is 2. The van der Waals surface area contributed by atoms with Gasteiger partial charge in [0.1, 0.15) is 0 Å². The maximum absolute atomic E-state index is 12.0. The minimum Gasteiger partial charge on any atom is -0.345 e. The molecule has 0 unspecified atom stereocenters. The van der Waals surface area contributed by atoms with Crippen LogP contribution in [0.3, 0.4) is 0 Å². The third-order valence-electron chi connectivity index (χ3n) is 2.69. The third-order valence-corrected chi connectivity index (χ3v) is 2.69. The molecule has 0 saturated carbocycles. The Morgan fingerprint density at radius 1 is 1.50 bits per heavy atom. The van der Waals surface area contributed by atoms with Gasteiger partial charge in [-0.25, -0.2) is 0 Å². The number of carbonyl (C=O) groups excluding carboxylic acids is 2. The van der Waals surface area contributed by atoms with Crippen LogP contribution in [0.5, 0.6) is 0 Å². The van der Waals surface area contributed by atoms with Crippen molar-refractivity contribution in [2.45, 2.75) is 6.92 Å². The molecular weight excluding hydrogens is 256 g/mol. The standard InChI is InChI=1S/C14H18N4O2/c1-3-18(2)13(19)10-17-14(20)12-6-8-16-9-11(12)5-4-7-15/h6,8-9H,3,7,10,15H2,1-2H3,(H,17,20). The van der Waals surface area contributed by atoms with Gasteiger partial charge in [-0.2, -0.15) is 0 Å². The molecule has 0 aliphatic carbocycles. The molecule has 1 aromatic rings.